The molecule has 41 heavy (non-hydrogen) atoms. The smallest absolute Gasteiger partial charge is 0.415 e. The first-order valence-corrected chi connectivity index (χ1v) is 13.1. The SMILES string of the molecule is C[C@H]1[C@@H]2[C@@]1([C@@H](O)C(F)(F)F)SC(N)=N[C@]2(C)c1cc(Nc2ncnc3cc(OCc4ncco4)cnc23)cnc1F. The topological polar surface area (TPSA) is 157 Å². The number of aliphatic imine (C=N–C) groups is 1. The number of anilines is 2. The molecule has 5 heterocycles. The zero-order valence-corrected chi connectivity index (χ0v) is 22.2. The van der Waals surface area contributed by atoms with E-state index in [4.69, 9.17) is 14.9 Å². The van der Waals surface area contributed by atoms with Crippen LogP contribution in [0.5, 0.6) is 5.75 Å². The fourth-order valence-corrected chi connectivity index (χ4v) is 7.33. The van der Waals surface area contributed by atoms with Gasteiger partial charge < -0.3 is 25.3 Å². The van der Waals surface area contributed by atoms with E-state index in [-0.39, 0.29) is 28.8 Å². The Labute approximate surface area is 233 Å². The van der Waals surface area contributed by atoms with Crippen LogP contribution in [0, 0.1) is 17.8 Å². The van der Waals surface area contributed by atoms with Crippen molar-refractivity contribution in [2.45, 2.75) is 43.0 Å². The Kier molecular flexibility index (Phi) is 6.29. The molecule has 0 spiro atoms. The summed E-state index contributed by atoms with van der Waals surface area (Å²) in [6.07, 6.45) is -0.661. The largest absolute Gasteiger partial charge is 0.482 e. The minimum atomic E-state index is -4.89. The number of halogens is 4. The molecule has 0 saturated heterocycles. The second-order valence-electron chi connectivity index (χ2n) is 9.93. The summed E-state index contributed by atoms with van der Waals surface area (Å²) in [6.45, 7) is 3.15. The summed E-state index contributed by atoms with van der Waals surface area (Å²) in [4.78, 5) is 25.0. The minimum Gasteiger partial charge on any atom is -0.482 e. The molecule has 5 atom stereocenters. The van der Waals surface area contributed by atoms with Crippen LogP contribution in [0.25, 0.3) is 11.0 Å². The molecule has 4 aromatic heterocycles. The number of aliphatic hydroxyl groups excluding tert-OH is 1. The number of amidine groups is 1. The van der Waals surface area contributed by atoms with E-state index in [1.54, 1.807) is 13.0 Å². The fourth-order valence-electron chi connectivity index (χ4n) is 5.67. The molecule has 2 aliphatic rings. The zero-order valence-electron chi connectivity index (χ0n) is 21.4. The highest BCUT2D eigenvalue weighted by molar-refractivity contribution is 8.15. The van der Waals surface area contributed by atoms with Crippen molar-refractivity contribution in [1.82, 2.24) is 24.9 Å². The maximum absolute atomic E-state index is 15.2. The molecule has 0 amide bonds. The maximum Gasteiger partial charge on any atom is 0.415 e. The van der Waals surface area contributed by atoms with Gasteiger partial charge in [-0.25, -0.2) is 24.9 Å². The lowest BCUT2D eigenvalue weighted by atomic mass is 9.85. The third kappa shape index (κ3) is 4.50. The molecule has 0 aromatic carbocycles. The van der Waals surface area contributed by atoms with Gasteiger partial charge in [-0.1, -0.05) is 18.7 Å². The van der Waals surface area contributed by atoms with Gasteiger partial charge in [-0.05, 0) is 18.9 Å². The molecule has 214 valence electrons. The van der Waals surface area contributed by atoms with E-state index in [1.165, 1.54) is 44.2 Å². The van der Waals surface area contributed by atoms with Crippen LogP contribution in [0.15, 0.2) is 52.7 Å². The molecule has 1 fully saturated rings. The van der Waals surface area contributed by atoms with E-state index in [0.717, 1.165) is 0 Å². The monoisotopic (exact) mass is 590 g/mol. The Morgan fingerprint density at radius 1 is 1.20 bits per heavy atom. The molecule has 1 aliphatic heterocycles. The number of nitrogens with zero attached hydrogens (tertiary/aromatic N) is 6. The first-order chi connectivity index (χ1) is 19.4. The lowest BCUT2D eigenvalue weighted by Gasteiger charge is -2.36. The van der Waals surface area contributed by atoms with Crippen molar-refractivity contribution in [3.63, 3.8) is 0 Å². The Bertz CT molecular complexity index is 1660. The van der Waals surface area contributed by atoms with E-state index in [0.29, 0.717) is 34.4 Å². The zero-order chi connectivity index (χ0) is 29.2. The van der Waals surface area contributed by atoms with Gasteiger partial charge in [0, 0.05) is 17.5 Å². The van der Waals surface area contributed by atoms with Crippen LogP contribution in [0.4, 0.5) is 29.1 Å². The number of nitrogens with two attached hydrogens (primary N) is 1. The number of aromatic nitrogens is 5. The first-order valence-electron chi connectivity index (χ1n) is 12.3. The van der Waals surface area contributed by atoms with Crippen molar-refractivity contribution in [2.24, 2.45) is 22.6 Å². The van der Waals surface area contributed by atoms with E-state index >= 15 is 4.39 Å². The Hall–Kier alpha value is -4.05. The number of hydrogen-bond donors (Lipinski definition) is 3. The molecule has 0 radical (unpaired) electrons. The lowest BCUT2D eigenvalue weighted by molar-refractivity contribution is -0.208. The van der Waals surface area contributed by atoms with E-state index in [1.807, 2.05) is 0 Å². The summed E-state index contributed by atoms with van der Waals surface area (Å²) in [6, 6.07) is 3.04. The van der Waals surface area contributed by atoms with Crippen LogP contribution in [-0.4, -0.2) is 52.2 Å². The quantitative estimate of drug-likeness (QED) is 0.210. The fraction of sp³-hybridized carbons (Fsp3) is 0.360. The van der Waals surface area contributed by atoms with Crippen LogP contribution < -0.4 is 15.8 Å². The number of rotatable bonds is 7. The lowest BCUT2D eigenvalue weighted by Crippen LogP contribution is -2.47. The molecule has 11 nitrogen and oxygen atoms in total. The van der Waals surface area contributed by atoms with Crippen LogP contribution in [0.2, 0.25) is 0 Å². The minimum absolute atomic E-state index is 0.0765. The molecule has 4 N–H and O–H groups in total. The number of fused-ring (bicyclic) bond motifs is 2. The van der Waals surface area contributed by atoms with Crippen molar-refractivity contribution in [3.05, 3.63) is 60.7 Å². The predicted octanol–water partition coefficient (Wildman–Crippen LogP) is 4.07. The molecule has 1 aliphatic carbocycles. The number of pyridine rings is 2. The summed E-state index contributed by atoms with van der Waals surface area (Å²) in [7, 11) is 0. The van der Waals surface area contributed by atoms with E-state index in [2.05, 4.69) is 35.2 Å². The average molecular weight is 591 g/mol. The molecule has 4 aromatic rings. The molecule has 16 heteroatoms. The van der Waals surface area contributed by atoms with Crippen LogP contribution >= 0.6 is 11.8 Å². The second kappa shape index (κ2) is 9.51. The average Bonchev–Trinajstić information content (AvgIpc) is 3.25. The second-order valence-corrected chi connectivity index (χ2v) is 11.3. The Morgan fingerprint density at radius 3 is 2.73 bits per heavy atom. The third-order valence-electron chi connectivity index (χ3n) is 7.50. The van der Waals surface area contributed by atoms with Crippen molar-refractivity contribution < 1.29 is 31.8 Å². The summed E-state index contributed by atoms with van der Waals surface area (Å²) >= 11 is 0.676. The van der Waals surface area contributed by atoms with Gasteiger partial charge in [-0.3, -0.25) is 4.99 Å². The van der Waals surface area contributed by atoms with Crippen LogP contribution in [-0.2, 0) is 12.1 Å². The van der Waals surface area contributed by atoms with Gasteiger partial charge in [0.15, 0.2) is 23.7 Å². The first kappa shape index (κ1) is 27.1. The van der Waals surface area contributed by atoms with Gasteiger partial charge in [0.25, 0.3) is 0 Å². The van der Waals surface area contributed by atoms with E-state index < -0.39 is 40.3 Å². The number of thioether (sulfide) groups is 1. The van der Waals surface area contributed by atoms with Crippen molar-refractivity contribution >= 4 is 39.5 Å². The summed E-state index contributed by atoms with van der Waals surface area (Å²) < 4.78 is 65.2. The number of oxazole rings is 1. The molecule has 1 saturated carbocycles. The number of aliphatic hydroxyl groups is 1. The van der Waals surface area contributed by atoms with Crippen molar-refractivity contribution in [1.29, 1.82) is 0 Å². The molecular formula is C25H22F4N8O3S. The Morgan fingerprint density at radius 2 is 2.00 bits per heavy atom. The molecular weight excluding hydrogens is 568 g/mol. The normalized spacial score (nSPS) is 26.3. The summed E-state index contributed by atoms with van der Waals surface area (Å²) in [5.41, 5.74) is 5.43. The number of alkyl halides is 3. The van der Waals surface area contributed by atoms with Crippen LogP contribution in [0.3, 0.4) is 0 Å². The number of ether oxygens (including phenoxy) is 1. The molecule has 0 unspecified atom stereocenters. The maximum atomic E-state index is 15.2. The van der Waals surface area contributed by atoms with Crippen molar-refractivity contribution in [3.8, 4) is 5.75 Å². The van der Waals surface area contributed by atoms with Crippen molar-refractivity contribution in [2.75, 3.05) is 5.32 Å². The predicted molar refractivity (Wildman–Crippen MR) is 140 cm³/mol. The molecule has 0 bridgehead atoms. The van der Waals surface area contributed by atoms with Crippen LogP contribution in [0.1, 0.15) is 25.3 Å². The van der Waals surface area contributed by atoms with E-state index in [9.17, 15) is 18.3 Å². The van der Waals surface area contributed by atoms with Gasteiger partial charge in [0.1, 0.15) is 23.9 Å². The highest BCUT2D eigenvalue weighted by atomic mass is 32.2. The third-order valence-corrected chi connectivity index (χ3v) is 9.00. The summed E-state index contributed by atoms with van der Waals surface area (Å²) in [5.74, 6) is -1.40. The summed E-state index contributed by atoms with van der Waals surface area (Å²) in [5, 5.41) is 13.1. The standard InChI is InChI=1S/C25H22F4N8O3S/c1-11-18-23(2,37-22(30)41-24(11,18)21(38)25(27,28)29)14-5-12(7-33-19(14)26)36-20-17-15(34-10-35-20)6-13(8-32-17)40-9-16-31-3-4-39-16/h3-8,10-11,18,21,38H,9H2,1-2H3,(H2,30,37)(H,34,35,36)/t11-,18-,21+,23+,24-/m0/s1. The number of nitrogens with one attached hydrogen (secondary N) is 1. The van der Waals surface area contributed by atoms with Gasteiger partial charge in [-0.2, -0.15) is 17.6 Å². The van der Waals surface area contributed by atoms with Gasteiger partial charge >= 0.3 is 6.18 Å². The highest BCUT2D eigenvalue weighted by Gasteiger charge is 2.78. The number of hydrogen-bond acceptors (Lipinski definition) is 12. The highest BCUT2D eigenvalue weighted by Crippen LogP contribution is 2.72. The van der Waals surface area contributed by atoms with Gasteiger partial charge in [-0.15, -0.1) is 0 Å². The Balaban J connectivity index is 1.31. The van der Waals surface area contributed by atoms with Gasteiger partial charge in [0.05, 0.1) is 40.1 Å². The van der Waals surface area contributed by atoms with Gasteiger partial charge in [0.2, 0.25) is 11.8 Å². The molecule has 6 rings (SSSR count).